The Labute approximate surface area is 308 Å². The summed E-state index contributed by atoms with van der Waals surface area (Å²) in [5, 5.41) is 8.56. The van der Waals surface area contributed by atoms with Crippen molar-refractivity contribution in [1.82, 2.24) is 0 Å². The van der Waals surface area contributed by atoms with Crippen LogP contribution in [0.3, 0.4) is 0 Å². The SMILES string of the molecule is [2H]C([2H])(Br)C([2H])([2H])C([2H])([2H])C([2H])([2H])OC(=O)[C@@]([2H])(C)c1ccc2cc(OC)ccc2c1.[2H]C([2H])(OC(=O)[C@@]([2H])(C)c1ccc2cc(OC)ccc2c1)C([2H])([2H])C([2H])([2H])C([2H])([2H])O[N+](=O)[O-]. The van der Waals surface area contributed by atoms with Crippen molar-refractivity contribution < 1.29 is 63.1 Å². The molecule has 4 aromatic rings. The number of ether oxygens (including phenoxy) is 4. The Morgan fingerprint density at radius 1 is 0.723 bits per heavy atom. The Morgan fingerprint density at radius 2 is 1.13 bits per heavy atom. The van der Waals surface area contributed by atoms with Gasteiger partial charge in [-0.2, -0.15) is 0 Å². The average molecular weight is 731 g/mol. The number of hydrogen-bond acceptors (Lipinski definition) is 9. The smallest absolute Gasteiger partial charge is 0.313 e. The van der Waals surface area contributed by atoms with Crippen molar-refractivity contribution in [2.24, 2.45) is 0 Å². The van der Waals surface area contributed by atoms with Crippen molar-refractivity contribution in [3.05, 3.63) is 94.0 Å². The van der Waals surface area contributed by atoms with Gasteiger partial charge in [0, 0.05) is 21.7 Å². The van der Waals surface area contributed by atoms with Crippen LogP contribution in [0.25, 0.3) is 21.5 Å². The van der Waals surface area contributed by atoms with Crippen LogP contribution in [0.4, 0.5) is 0 Å². The van der Waals surface area contributed by atoms with Crippen molar-refractivity contribution in [1.29, 1.82) is 0 Å². The summed E-state index contributed by atoms with van der Waals surface area (Å²) in [7, 11) is 3.00. The highest BCUT2D eigenvalue weighted by Gasteiger charge is 2.18. The highest BCUT2D eigenvalue weighted by atomic mass is 79.9. The molecule has 0 aliphatic heterocycles. The summed E-state index contributed by atoms with van der Waals surface area (Å²) in [5.41, 5.74) is 0.187. The minimum atomic E-state index is -4.02. The lowest BCUT2D eigenvalue weighted by molar-refractivity contribution is -0.757. The molecule has 4 rings (SSSR count). The van der Waals surface area contributed by atoms with E-state index in [1.807, 2.05) is 0 Å². The third-order valence-corrected chi connectivity index (χ3v) is 6.50. The Kier molecular flexibility index (Phi) is 7.74. The van der Waals surface area contributed by atoms with E-state index in [9.17, 15) is 19.7 Å². The van der Waals surface area contributed by atoms with Gasteiger partial charge in [-0.1, -0.05) is 64.5 Å². The third-order valence-electron chi connectivity index (χ3n) is 6.31. The van der Waals surface area contributed by atoms with Gasteiger partial charge in [-0.15, -0.1) is 10.1 Å². The second kappa shape index (κ2) is 19.3. The van der Waals surface area contributed by atoms with Gasteiger partial charge in [-0.25, -0.2) is 0 Å². The molecule has 0 saturated heterocycles. The first-order valence-electron chi connectivity index (χ1n) is 22.3. The number of esters is 2. The van der Waals surface area contributed by atoms with Gasteiger partial charge < -0.3 is 23.8 Å². The van der Waals surface area contributed by atoms with E-state index in [0.717, 1.165) is 19.2 Å². The van der Waals surface area contributed by atoms with E-state index in [-0.39, 0.29) is 11.1 Å². The zero-order valence-corrected chi connectivity index (χ0v) is 27.0. The number of hydrogen-bond donors (Lipinski definition) is 0. The first kappa shape index (κ1) is 18.8. The van der Waals surface area contributed by atoms with Crippen molar-refractivity contribution in [3.8, 4) is 11.5 Å². The predicted octanol–water partition coefficient (Wildman–Crippen LogP) is 8.15. The fraction of sp³-hybridized carbons (Fsp3) is 0.389. The number of benzene rings is 4. The lowest BCUT2D eigenvalue weighted by Crippen LogP contribution is -2.14. The summed E-state index contributed by atoms with van der Waals surface area (Å²) in [6, 6.07) is 19.2. The van der Waals surface area contributed by atoms with Crippen LogP contribution in [0.1, 0.15) is 86.9 Å². The normalized spacial score (nSPS) is 21.4. The van der Waals surface area contributed by atoms with E-state index in [4.69, 9.17) is 34.1 Å². The highest BCUT2D eigenvalue weighted by Crippen LogP contribution is 2.27. The van der Waals surface area contributed by atoms with Crippen LogP contribution >= 0.6 is 15.9 Å². The van der Waals surface area contributed by atoms with Crippen LogP contribution in [0.2, 0.25) is 0 Å². The van der Waals surface area contributed by atoms with Crippen molar-refractivity contribution in [2.45, 2.75) is 51.1 Å². The molecule has 2 atom stereocenters. The molecule has 0 radical (unpaired) electrons. The molecule has 0 fully saturated rings. The van der Waals surface area contributed by atoms with Crippen LogP contribution in [-0.4, -0.2) is 56.2 Å². The monoisotopic (exact) mass is 729 g/mol. The Hall–Kier alpha value is -4.38. The molecule has 0 spiro atoms. The molecule has 252 valence electrons. The Bertz CT molecular complexity index is 2430. The van der Waals surface area contributed by atoms with Crippen LogP contribution in [0.15, 0.2) is 72.8 Å². The Balaban J connectivity index is 0.000000347. The molecule has 0 N–H and O–H groups in total. The zero-order chi connectivity index (χ0) is 50.4. The molecule has 0 saturated carbocycles. The number of methoxy groups -OCH3 is 2. The summed E-state index contributed by atoms with van der Waals surface area (Å²) in [6.07, 6.45) is -15.0. The molecule has 47 heavy (non-hydrogen) atoms. The largest absolute Gasteiger partial charge is 0.497 e. The van der Waals surface area contributed by atoms with E-state index in [1.165, 1.54) is 38.5 Å². The highest BCUT2D eigenvalue weighted by molar-refractivity contribution is 9.09. The minimum Gasteiger partial charge on any atom is -0.497 e. The van der Waals surface area contributed by atoms with E-state index in [0.29, 0.717) is 27.7 Å². The number of alkyl halides is 1. The summed E-state index contributed by atoms with van der Waals surface area (Å²) < 4.78 is 159. The molecule has 0 amide bonds. The second-order valence-electron chi connectivity index (χ2n) is 9.10. The van der Waals surface area contributed by atoms with Gasteiger partial charge in [0.05, 0.1) is 53.9 Å². The second-order valence-corrected chi connectivity index (χ2v) is 9.50. The molecule has 10 nitrogen and oxygen atoms in total. The van der Waals surface area contributed by atoms with Crippen molar-refractivity contribution in [3.63, 3.8) is 0 Å². The Morgan fingerprint density at radius 3 is 1.55 bits per heavy atom. The lowest BCUT2D eigenvalue weighted by Gasteiger charge is -2.13. The molecule has 0 bridgehead atoms. The summed E-state index contributed by atoms with van der Waals surface area (Å²) in [6.45, 7) is -9.21. The van der Waals surface area contributed by atoms with Gasteiger partial charge in [0.25, 0.3) is 5.09 Å². The average Bonchev–Trinajstić information content (AvgIpc) is 3.18. The fourth-order valence-electron chi connectivity index (χ4n) is 3.86. The van der Waals surface area contributed by atoms with Crippen LogP contribution in [0, 0.1) is 10.1 Å². The number of carbonyl (C=O) groups excluding carboxylic acids is 2. The topological polar surface area (TPSA) is 123 Å². The maximum Gasteiger partial charge on any atom is 0.313 e. The van der Waals surface area contributed by atoms with E-state index in [1.54, 1.807) is 48.5 Å². The number of rotatable bonds is 16. The van der Waals surface area contributed by atoms with Crippen molar-refractivity contribution in [2.75, 3.05) is 39.2 Å². The summed E-state index contributed by atoms with van der Waals surface area (Å²) in [4.78, 5) is 39.4. The molecule has 4 aromatic carbocycles. The number of fused-ring (bicyclic) bond motifs is 2. The molecule has 0 heterocycles. The van der Waals surface area contributed by atoms with Gasteiger partial charge >= 0.3 is 11.9 Å². The summed E-state index contributed by atoms with van der Waals surface area (Å²) in [5.74, 6) is -6.33. The van der Waals surface area contributed by atoms with Crippen molar-refractivity contribution >= 4 is 49.4 Å². The number of halogens is 1. The first-order valence-corrected chi connectivity index (χ1v) is 14.1. The van der Waals surface area contributed by atoms with E-state index >= 15 is 0 Å². The molecular weight excluding hydrogens is 670 g/mol. The van der Waals surface area contributed by atoms with E-state index < -0.39 is 79.3 Å². The molecular formula is C36H42BrNO9. The number of carbonyl (C=O) groups is 2. The first-order chi connectivity index (χ1) is 29.2. The van der Waals surface area contributed by atoms with Crippen LogP contribution in [-0.2, 0) is 23.9 Å². The van der Waals surface area contributed by atoms with Crippen LogP contribution in [0.5, 0.6) is 11.5 Å². The predicted molar refractivity (Wildman–Crippen MR) is 185 cm³/mol. The molecule has 0 aliphatic carbocycles. The number of nitrogens with zero attached hydrogens (tertiary/aromatic N) is 1. The summed E-state index contributed by atoms with van der Waals surface area (Å²) >= 11 is 2.37. The van der Waals surface area contributed by atoms with Gasteiger partial charge in [-0.05, 0) is 96.3 Å². The third kappa shape index (κ3) is 11.7. The van der Waals surface area contributed by atoms with Gasteiger partial charge in [0.15, 0.2) is 0 Å². The van der Waals surface area contributed by atoms with Gasteiger partial charge in [-0.3, -0.25) is 9.59 Å². The van der Waals surface area contributed by atoms with Gasteiger partial charge in [0.2, 0.25) is 0 Å². The minimum absolute atomic E-state index is 0.0431. The van der Waals surface area contributed by atoms with Crippen LogP contribution < -0.4 is 9.47 Å². The molecule has 0 unspecified atom stereocenters. The van der Waals surface area contributed by atoms with Gasteiger partial charge in [0.1, 0.15) is 11.5 Å². The maximum atomic E-state index is 12.7. The zero-order valence-electron chi connectivity index (χ0n) is 43.4. The standard InChI is InChI=1S/C18H21BrO3.C18H21NO6/c1-13(18(20)22-10-4-3-9-19)14-5-6-16-12-17(21-2)8-7-15(16)11-14;1-13(18(20)24-9-3-4-10-25-19(21)22)14-5-6-16-12-17(23-2)8-7-15(16)11-14/h5-8,11-13H,3-4,9-10H2,1-2H3;5-8,11-13H,3-4,9-10H2,1-2H3/t2*13-/m00/s1/i2*3D2,4D2,9D2,10D2,13D. The van der Waals surface area contributed by atoms with E-state index in [2.05, 4.69) is 30.2 Å². The molecule has 11 heteroatoms. The lowest BCUT2D eigenvalue weighted by atomic mass is 9.98. The quantitative estimate of drug-likeness (QED) is 0.0486. The molecule has 0 aromatic heterocycles. The molecule has 0 aliphatic rings. The fourth-order valence-corrected chi connectivity index (χ4v) is 3.96. The maximum absolute atomic E-state index is 12.7.